The maximum atomic E-state index is 12.2. The van der Waals surface area contributed by atoms with Gasteiger partial charge in [0.15, 0.2) is 0 Å². The normalized spacial score (nSPS) is 20.0. The van der Waals surface area contributed by atoms with Crippen LogP contribution in [-0.2, 0) is 11.3 Å². The monoisotopic (exact) mass is 374 g/mol. The van der Waals surface area contributed by atoms with Crippen molar-refractivity contribution in [2.24, 2.45) is 5.73 Å². The summed E-state index contributed by atoms with van der Waals surface area (Å²) >= 11 is 0. The Morgan fingerprint density at radius 3 is 2.19 bits per heavy atom. The molecule has 0 aromatic heterocycles. The molecule has 0 bridgehead atoms. The van der Waals surface area contributed by atoms with Gasteiger partial charge in [-0.05, 0) is 64.4 Å². The Balaban J connectivity index is 1.48. The van der Waals surface area contributed by atoms with E-state index in [1.165, 1.54) is 11.3 Å². The number of benzene rings is 1. The van der Waals surface area contributed by atoms with Crippen molar-refractivity contribution < 1.29 is 9.53 Å². The van der Waals surface area contributed by atoms with Crippen molar-refractivity contribution in [3.05, 3.63) is 29.8 Å². The van der Waals surface area contributed by atoms with E-state index < -0.39 is 5.60 Å². The molecule has 3 rings (SSSR count). The van der Waals surface area contributed by atoms with E-state index >= 15 is 0 Å². The Kier molecular flexibility index (Phi) is 6.27. The molecule has 2 heterocycles. The zero-order valence-corrected chi connectivity index (χ0v) is 17.0. The van der Waals surface area contributed by atoms with Gasteiger partial charge in [0.25, 0.3) is 0 Å². The maximum absolute atomic E-state index is 12.2. The molecule has 2 N–H and O–H groups in total. The number of piperazine rings is 1. The molecule has 0 saturated carbocycles. The third-order valence-electron chi connectivity index (χ3n) is 5.27. The Labute approximate surface area is 163 Å². The number of anilines is 1. The van der Waals surface area contributed by atoms with E-state index in [2.05, 4.69) is 34.1 Å². The molecule has 0 unspecified atom stereocenters. The van der Waals surface area contributed by atoms with E-state index in [0.717, 1.165) is 45.6 Å². The molecule has 1 aromatic rings. The van der Waals surface area contributed by atoms with E-state index in [4.69, 9.17) is 10.5 Å². The number of carbonyl (C=O) groups is 1. The van der Waals surface area contributed by atoms with Gasteiger partial charge >= 0.3 is 6.09 Å². The van der Waals surface area contributed by atoms with Gasteiger partial charge in [-0.2, -0.15) is 0 Å². The lowest BCUT2D eigenvalue weighted by Gasteiger charge is -2.36. The number of rotatable bonds is 3. The summed E-state index contributed by atoms with van der Waals surface area (Å²) in [5.41, 5.74) is 8.12. The first kappa shape index (κ1) is 20.0. The van der Waals surface area contributed by atoms with Crippen LogP contribution in [0.25, 0.3) is 0 Å². The summed E-state index contributed by atoms with van der Waals surface area (Å²) in [6, 6.07) is 9.24. The molecule has 0 spiro atoms. The molecule has 2 aliphatic rings. The minimum atomic E-state index is -0.441. The van der Waals surface area contributed by atoms with E-state index in [1.807, 2.05) is 20.8 Å². The van der Waals surface area contributed by atoms with Crippen molar-refractivity contribution in [2.75, 3.05) is 44.2 Å². The number of carbonyl (C=O) groups excluding carboxylic acids is 1. The molecule has 2 saturated heterocycles. The van der Waals surface area contributed by atoms with E-state index in [1.54, 1.807) is 4.90 Å². The fourth-order valence-corrected chi connectivity index (χ4v) is 3.66. The molecule has 6 heteroatoms. The van der Waals surface area contributed by atoms with Gasteiger partial charge in [0.05, 0.1) is 0 Å². The zero-order chi connectivity index (χ0) is 19.4. The molecule has 2 aliphatic heterocycles. The van der Waals surface area contributed by atoms with E-state index in [-0.39, 0.29) is 6.09 Å². The van der Waals surface area contributed by atoms with Gasteiger partial charge in [0.1, 0.15) is 5.60 Å². The predicted octanol–water partition coefficient (Wildman–Crippen LogP) is 2.67. The number of piperidine rings is 1. The van der Waals surface area contributed by atoms with Crippen molar-refractivity contribution in [1.29, 1.82) is 0 Å². The lowest BCUT2D eigenvalue weighted by molar-refractivity contribution is 0.0240. The van der Waals surface area contributed by atoms with Crippen LogP contribution in [-0.4, -0.2) is 66.8 Å². The molecule has 0 radical (unpaired) electrons. The fraction of sp³-hybridized carbons (Fsp3) is 0.667. The van der Waals surface area contributed by atoms with Crippen molar-refractivity contribution in [1.82, 2.24) is 9.80 Å². The largest absolute Gasteiger partial charge is 0.444 e. The van der Waals surface area contributed by atoms with E-state index in [9.17, 15) is 4.79 Å². The Morgan fingerprint density at radius 1 is 1.04 bits per heavy atom. The standard InChI is InChI=1S/C21H34N4O2/c1-21(2,3)27-20(26)25-14-12-24(13-15-25)19-6-4-17(5-7-19)16-23-10-8-18(22)9-11-23/h4-7,18H,8-16,22H2,1-3H3. The van der Waals surface area contributed by atoms with Gasteiger partial charge in [0, 0.05) is 44.5 Å². The topological polar surface area (TPSA) is 62.0 Å². The van der Waals surface area contributed by atoms with Crippen molar-refractivity contribution in [3.8, 4) is 0 Å². The number of amides is 1. The highest BCUT2D eigenvalue weighted by Gasteiger charge is 2.26. The molecular formula is C21H34N4O2. The number of hydrogen-bond acceptors (Lipinski definition) is 5. The van der Waals surface area contributed by atoms with Crippen LogP contribution in [0.5, 0.6) is 0 Å². The van der Waals surface area contributed by atoms with Gasteiger partial charge in [-0.3, -0.25) is 4.90 Å². The summed E-state index contributed by atoms with van der Waals surface area (Å²) in [7, 11) is 0. The van der Waals surface area contributed by atoms with Gasteiger partial charge in [0.2, 0.25) is 0 Å². The number of ether oxygens (including phenoxy) is 1. The molecule has 1 amide bonds. The summed E-state index contributed by atoms with van der Waals surface area (Å²) in [6.07, 6.45) is 1.98. The van der Waals surface area contributed by atoms with Crippen molar-refractivity contribution >= 4 is 11.8 Å². The SMILES string of the molecule is CC(C)(C)OC(=O)N1CCN(c2ccc(CN3CCC(N)CC3)cc2)CC1. The quantitative estimate of drug-likeness (QED) is 0.881. The summed E-state index contributed by atoms with van der Waals surface area (Å²) in [6.45, 7) is 12.0. The second kappa shape index (κ2) is 8.48. The van der Waals surface area contributed by atoms with Gasteiger partial charge in [-0.25, -0.2) is 4.79 Å². The van der Waals surface area contributed by atoms with Crippen LogP contribution in [0.3, 0.4) is 0 Å². The number of likely N-dealkylation sites (tertiary alicyclic amines) is 1. The zero-order valence-electron chi connectivity index (χ0n) is 17.0. The van der Waals surface area contributed by atoms with Gasteiger partial charge < -0.3 is 20.3 Å². The van der Waals surface area contributed by atoms with Crippen molar-refractivity contribution in [3.63, 3.8) is 0 Å². The molecule has 1 aromatic carbocycles. The highest BCUT2D eigenvalue weighted by molar-refractivity contribution is 5.68. The Hall–Kier alpha value is -1.79. The molecular weight excluding hydrogens is 340 g/mol. The highest BCUT2D eigenvalue weighted by Crippen LogP contribution is 2.20. The maximum Gasteiger partial charge on any atom is 0.410 e. The smallest absolute Gasteiger partial charge is 0.410 e. The van der Waals surface area contributed by atoms with Crippen LogP contribution in [0.15, 0.2) is 24.3 Å². The van der Waals surface area contributed by atoms with E-state index in [0.29, 0.717) is 19.1 Å². The van der Waals surface area contributed by atoms with Gasteiger partial charge in [-0.1, -0.05) is 12.1 Å². The highest BCUT2D eigenvalue weighted by atomic mass is 16.6. The summed E-state index contributed by atoms with van der Waals surface area (Å²) in [5, 5.41) is 0. The van der Waals surface area contributed by atoms with Crippen molar-refractivity contribution in [2.45, 2.75) is 51.8 Å². The predicted molar refractivity (Wildman–Crippen MR) is 109 cm³/mol. The minimum absolute atomic E-state index is 0.209. The van der Waals surface area contributed by atoms with Gasteiger partial charge in [-0.15, -0.1) is 0 Å². The molecule has 150 valence electrons. The average Bonchev–Trinajstić information content (AvgIpc) is 2.63. The second-order valence-corrected chi connectivity index (χ2v) is 8.73. The Morgan fingerprint density at radius 2 is 1.63 bits per heavy atom. The first-order valence-corrected chi connectivity index (χ1v) is 10.1. The molecule has 27 heavy (non-hydrogen) atoms. The van der Waals surface area contributed by atoms with Crippen LogP contribution in [0, 0.1) is 0 Å². The molecule has 6 nitrogen and oxygen atoms in total. The van der Waals surface area contributed by atoms with Crippen LogP contribution in [0.1, 0.15) is 39.2 Å². The lowest BCUT2D eigenvalue weighted by atomic mass is 10.1. The van der Waals surface area contributed by atoms with Crippen LogP contribution in [0.4, 0.5) is 10.5 Å². The molecule has 0 atom stereocenters. The first-order chi connectivity index (χ1) is 12.8. The molecule has 2 fully saturated rings. The summed E-state index contributed by atoms with van der Waals surface area (Å²) < 4.78 is 5.47. The minimum Gasteiger partial charge on any atom is -0.444 e. The first-order valence-electron chi connectivity index (χ1n) is 10.1. The van der Waals surface area contributed by atoms with Crippen LogP contribution < -0.4 is 10.6 Å². The number of nitrogens with two attached hydrogens (primary N) is 1. The second-order valence-electron chi connectivity index (χ2n) is 8.73. The van der Waals surface area contributed by atoms with Crippen LogP contribution in [0.2, 0.25) is 0 Å². The fourth-order valence-electron chi connectivity index (χ4n) is 3.66. The molecule has 0 aliphatic carbocycles. The third kappa shape index (κ3) is 5.84. The summed E-state index contributed by atoms with van der Waals surface area (Å²) in [4.78, 5) is 18.8. The third-order valence-corrected chi connectivity index (χ3v) is 5.27. The lowest BCUT2D eigenvalue weighted by Crippen LogP contribution is -2.50. The Bertz CT molecular complexity index is 610. The van der Waals surface area contributed by atoms with Crippen LogP contribution >= 0.6 is 0 Å². The number of nitrogens with zero attached hydrogens (tertiary/aromatic N) is 3. The number of hydrogen-bond donors (Lipinski definition) is 1. The summed E-state index contributed by atoms with van der Waals surface area (Å²) in [5.74, 6) is 0. The average molecular weight is 375 g/mol.